The second-order valence-corrected chi connectivity index (χ2v) is 4.17. The Labute approximate surface area is 140 Å². The van der Waals surface area contributed by atoms with Gasteiger partial charge in [0.1, 0.15) is 0 Å². The quantitative estimate of drug-likeness (QED) is 0.814. The molecule has 0 unspecified atom stereocenters. The first-order valence-electron chi connectivity index (χ1n) is 6.56. The van der Waals surface area contributed by atoms with E-state index in [2.05, 4.69) is 4.98 Å². The van der Waals surface area contributed by atoms with Crippen molar-refractivity contribution in [1.29, 1.82) is 0 Å². The van der Waals surface area contributed by atoms with Crippen LogP contribution in [0.4, 0.5) is 0 Å². The molecule has 5 nitrogen and oxygen atoms in total. The van der Waals surface area contributed by atoms with E-state index >= 15 is 0 Å². The highest BCUT2D eigenvalue weighted by Crippen LogP contribution is 2.22. The fourth-order valence-electron chi connectivity index (χ4n) is 1.70. The van der Waals surface area contributed by atoms with Crippen molar-refractivity contribution in [2.24, 2.45) is 17.4 Å². The molecule has 0 aromatic carbocycles. The Morgan fingerprint density at radius 1 is 1.10 bits per heavy atom. The molecule has 0 bridgehead atoms. The van der Waals surface area contributed by atoms with Crippen LogP contribution < -0.4 is 11.5 Å². The molecule has 21 heavy (non-hydrogen) atoms. The van der Waals surface area contributed by atoms with Crippen molar-refractivity contribution in [2.75, 3.05) is 6.54 Å². The molecule has 1 aromatic heterocycles. The molecule has 126 valence electrons. The van der Waals surface area contributed by atoms with Gasteiger partial charge in [-0.05, 0) is 31.5 Å². The van der Waals surface area contributed by atoms with E-state index in [9.17, 15) is 4.79 Å². The van der Waals surface area contributed by atoms with Gasteiger partial charge in [0.15, 0.2) is 0 Å². The number of carbonyl (C=O) groups is 1. The predicted octanol–water partition coefficient (Wildman–Crippen LogP) is 2.12. The molecule has 0 spiro atoms. The summed E-state index contributed by atoms with van der Waals surface area (Å²) in [4.78, 5) is 14.4. The van der Waals surface area contributed by atoms with Gasteiger partial charge in [-0.15, -0.1) is 24.8 Å². The molecular weight excluding hydrogens is 313 g/mol. The number of carbonyl (C=O) groups excluding carboxylic acids is 1. The number of nitrogens with zero attached hydrogens (tertiary/aromatic N) is 1. The number of hydrogen-bond donors (Lipinski definition) is 2. The topological polar surface area (TPSA) is 114 Å². The second kappa shape index (κ2) is 21.4. The van der Waals surface area contributed by atoms with Gasteiger partial charge < -0.3 is 16.9 Å². The third kappa shape index (κ3) is 19.1. The SMILES string of the molecule is CCN.Cl.Cl.NC(=O)C1CCCCC1.O.c1ccncc1. The molecule has 1 amide bonds. The highest BCUT2D eigenvalue weighted by atomic mass is 35.5. The molecule has 7 heteroatoms. The zero-order valence-corrected chi connectivity index (χ0v) is 14.2. The van der Waals surface area contributed by atoms with E-state index in [1.807, 2.05) is 25.1 Å². The van der Waals surface area contributed by atoms with Crippen LogP contribution in [0.3, 0.4) is 0 Å². The molecule has 0 saturated heterocycles. The standard InChI is InChI=1S/C7H13NO.C5H5N.C2H7N.2ClH.H2O/c8-7(9)6-4-2-1-3-5-6;1-2-4-6-5-3-1;1-2-3;;;/h6H,1-5H2,(H2,8,9);1-5H;2-3H2,1H3;2*1H;1H2. The van der Waals surface area contributed by atoms with Crippen LogP contribution in [-0.2, 0) is 4.79 Å². The van der Waals surface area contributed by atoms with Crippen molar-refractivity contribution in [3.63, 3.8) is 0 Å². The van der Waals surface area contributed by atoms with Crippen LogP contribution >= 0.6 is 24.8 Å². The normalized spacial score (nSPS) is 12.5. The minimum atomic E-state index is -0.102. The fraction of sp³-hybridized carbons (Fsp3) is 0.571. The first-order chi connectivity index (χ1) is 8.72. The molecule has 6 N–H and O–H groups in total. The number of primary amides is 1. The van der Waals surface area contributed by atoms with Crippen LogP contribution in [0.2, 0.25) is 0 Å². The molecule has 1 heterocycles. The Bertz CT molecular complexity index is 271. The summed E-state index contributed by atoms with van der Waals surface area (Å²) < 4.78 is 0. The monoisotopic (exact) mass is 341 g/mol. The third-order valence-electron chi connectivity index (χ3n) is 2.57. The lowest BCUT2D eigenvalue weighted by molar-refractivity contribution is -0.122. The Morgan fingerprint density at radius 3 is 1.71 bits per heavy atom. The van der Waals surface area contributed by atoms with Gasteiger partial charge in [-0.2, -0.15) is 0 Å². The Balaban J connectivity index is -0.000000107. The maximum absolute atomic E-state index is 10.6. The highest BCUT2D eigenvalue weighted by molar-refractivity contribution is 5.85. The molecule has 1 aliphatic rings. The first kappa shape index (κ1) is 28.3. The van der Waals surface area contributed by atoms with Gasteiger partial charge in [0.25, 0.3) is 0 Å². The molecule has 0 atom stereocenters. The van der Waals surface area contributed by atoms with Gasteiger partial charge in [0, 0.05) is 18.3 Å². The average Bonchev–Trinajstić information content (AvgIpc) is 2.43. The number of aromatic nitrogens is 1. The van der Waals surface area contributed by atoms with Crippen molar-refractivity contribution in [1.82, 2.24) is 4.98 Å². The van der Waals surface area contributed by atoms with Crippen LogP contribution in [0.25, 0.3) is 0 Å². The highest BCUT2D eigenvalue weighted by Gasteiger charge is 2.17. The summed E-state index contributed by atoms with van der Waals surface area (Å²) in [6.45, 7) is 2.65. The largest absolute Gasteiger partial charge is 0.412 e. The Morgan fingerprint density at radius 2 is 1.52 bits per heavy atom. The van der Waals surface area contributed by atoms with Gasteiger partial charge in [-0.3, -0.25) is 9.78 Å². The zero-order chi connectivity index (χ0) is 13.6. The van der Waals surface area contributed by atoms with E-state index in [4.69, 9.17) is 11.5 Å². The summed E-state index contributed by atoms with van der Waals surface area (Å²) in [5, 5.41) is 0. The van der Waals surface area contributed by atoms with E-state index in [0.29, 0.717) is 0 Å². The summed E-state index contributed by atoms with van der Waals surface area (Å²) in [6, 6.07) is 5.72. The van der Waals surface area contributed by atoms with Crippen molar-refractivity contribution in [2.45, 2.75) is 39.0 Å². The predicted molar refractivity (Wildman–Crippen MR) is 92.8 cm³/mol. The number of hydrogen-bond acceptors (Lipinski definition) is 3. The molecule has 1 aromatic rings. The van der Waals surface area contributed by atoms with E-state index in [1.54, 1.807) is 12.4 Å². The van der Waals surface area contributed by atoms with E-state index < -0.39 is 0 Å². The van der Waals surface area contributed by atoms with Gasteiger partial charge in [-0.25, -0.2) is 0 Å². The molecule has 1 saturated carbocycles. The summed E-state index contributed by atoms with van der Waals surface area (Å²) in [5.74, 6) is 0.0912. The Kier molecular flexibility index (Phi) is 28.9. The molecule has 1 aliphatic carbocycles. The number of halogens is 2. The maximum atomic E-state index is 10.6. The number of pyridine rings is 1. The third-order valence-corrected chi connectivity index (χ3v) is 2.57. The zero-order valence-electron chi connectivity index (χ0n) is 12.5. The summed E-state index contributed by atoms with van der Waals surface area (Å²) in [6.07, 6.45) is 9.20. The summed E-state index contributed by atoms with van der Waals surface area (Å²) >= 11 is 0. The smallest absolute Gasteiger partial charge is 0.220 e. The molecule has 1 fully saturated rings. The second-order valence-electron chi connectivity index (χ2n) is 4.17. The van der Waals surface area contributed by atoms with Crippen LogP contribution in [0, 0.1) is 5.92 Å². The summed E-state index contributed by atoms with van der Waals surface area (Å²) in [5.41, 5.74) is 9.98. The average molecular weight is 342 g/mol. The summed E-state index contributed by atoms with van der Waals surface area (Å²) in [7, 11) is 0. The number of amides is 1. The van der Waals surface area contributed by atoms with Crippen LogP contribution in [0.1, 0.15) is 39.0 Å². The van der Waals surface area contributed by atoms with Crippen molar-refractivity contribution >= 4 is 30.7 Å². The fourth-order valence-corrected chi connectivity index (χ4v) is 1.70. The van der Waals surface area contributed by atoms with E-state index in [1.165, 1.54) is 19.3 Å². The lowest BCUT2D eigenvalue weighted by Crippen LogP contribution is -2.24. The lowest BCUT2D eigenvalue weighted by atomic mass is 9.89. The number of nitrogens with two attached hydrogens (primary N) is 2. The molecule has 0 radical (unpaired) electrons. The lowest BCUT2D eigenvalue weighted by Gasteiger charge is -2.17. The van der Waals surface area contributed by atoms with E-state index in [0.717, 1.165) is 19.4 Å². The maximum Gasteiger partial charge on any atom is 0.220 e. The van der Waals surface area contributed by atoms with E-state index in [-0.39, 0.29) is 42.1 Å². The Hall–Kier alpha value is -0.880. The van der Waals surface area contributed by atoms with Crippen LogP contribution in [-0.4, -0.2) is 22.9 Å². The van der Waals surface area contributed by atoms with Gasteiger partial charge >= 0.3 is 0 Å². The first-order valence-corrected chi connectivity index (χ1v) is 6.56. The molecular formula is C14H29Cl2N3O2. The van der Waals surface area contributed by atoms with Crippen LogP contribution in [0.5, 0.6) is 0 Å². The number of rotatable bonds is 1. The van der Waals surface area contributed by atoms with Gasteiger partial charge in [0.2, 0.25) is 5.91 Å². The van der Waals surface area contributed by atoms with Crippen molar-refractivity contribution in [3.05, 3.63) is 30.6 Å². The van der Waals surface area contributed by atoms with Crippen LogP contribution in [0.15, 0.2) is 30.6 Å². The van der Waals surface area contributed by atoms with Crippen molar-refractivity contribution in [3.8, 4) is 0 Å². The molecule has 2 rings (SSSR count). The minimum Gasteiger partial charge on any atom is -0.412 e. The van der Waals surface area contributed by atoms with Gasteiger partial charge in [-0.1, -0.05) is 32.3 Å². The molecule has 0 aliphatic heterocycles. The van der Waals surface area contributed by atoms with Crippen molar-refractivity contribution < 1.29 is 10.3 Å². The minimum absolute atomic E-state index is 0. The van der Waals surface area contributed by atoms with Gasteiger partial charge in [0.05, 0.1) is 0 Å².